The molecule has 0 radical (unpaired) electrons. The Labute approximate surface area is 101 Å². The average Bonchev–Trinajstić information content (AvgIpc) is 3.09. The Morgan fingerprint density at radius 1 is 1.47 bits per heavy atom. The van der Waals surface area contributed by atoms with Crippen LogP contribution in [0.15, 0.2) is 18.2 Å². The Kier molecular flexibility index (Phi) is 3.22. The highest BCUT2D eigenvalue weighted by atomic mass is 16.5. The van der Waals surface area contributed by atoms with E-state index >= 15 is 0 Å². The quantitative estimate of drug-likeness (QED) is 0.638. The van der Waals surface area contributed by atoms with Crippen LogP contribution in [0, 0.1) is 5.92 Å². The highest BCUT2D eigenvalue weighted by molar-refractivity contribution is 5.96. The summed E-state index contributed by atoms with van der Waals surface area (Å²) in [5.74, 6) is 0.288. The van der Waals surface area contributed by atoms with Gasteiger partial charge in [0.1, 0.15) is 0 Å². The van der Waals surface area contributed by atoms with Crippen LogP contribution in [0.1, 0.15) is 23.2 Å². The lowest BCUT2D eigenvalue weighted by atomic mass is 10.1. The van der Waals surface area contributed by atoms with Crippen LogP contribution in [-0.4, -0.2) is 26.7 Å². The van der Waals surface area contributed by atoms with Gasteiger partial charge in [-0.3, -0.25) is 0 Å². The van der Waals surface area contributed by atoms with Crippen molar-refractivity contribution in [3.8, 4) is 0 Å². The summed E-state index contributed by atoms with van der Waals surface area (Å²) in [6, 6.07) is 5.29. The van der Waals surface area contributed by atoms with Crippen LogP contribution in [0.5, 0.6) is 0 Å². The fraction of sp³-hybridized carbons (Fsp3) is 0.462. The molecule has 0 aliphatic heterocycles. The van der Waals surface area contributed by atoms with E-state index in [9.17, 15) is 4.79 Å². The molecule has 0 unspecified atom stereocenters. The predicted octanol–water partition coefficient (Wildman–Crippen LogP) is 1.90. The third-order valence-electron chi connectivity index (χ3n) is 2.87. The number of hydrogen-bond donors (Lipinski definition) is 1. The maximum atomic E-state index is 11.9. The summed E-state index contributed by atoms with van der Waals surface area (Å²) in [5.41, 5.74) is 7.66. The van der Waals surface area contributed by atoms with Gasteiger partial charge in [-0.1, -0.05) is 0 Å². The fourth-order valence-electron chi connectivity index (χ4n) is 1.66. The maximum absolute atomic E-state index is 11.9. The highest BCUT2D eigenvalue weighted by Crippen LogP contribution is 2.30. The van der Waals surface area contributed by atoms with Gasteiger partial charge in [0.15, 0.2) is 0 Å². The average molecular weight is 234 g/mol. The van der Waals surface area contributed by atoms with Crippen LogP contribution in [0.4, 0.5) is 11.4 Å². The fourth-order valence-corrected chi connectivity index (χ4v) is 1.66. The Balaban J connectivity index is 2.15. The van der Waals surface area contributed by atoms with E-state index in [2.05, 4.69) is 0 Å². The van der Waals surface area contributed by atoms with E-state index in [-0.39, 0.29) is 5.97 Å². The standard InChI is InChI=1S/C13H18N2O2/c1-15(2)12-6-5-10(14)7-11(12)13(16)17-8-9-3-4-9/h5-7,9H,3-4,8,14H2,1-2H3. The van der Waals surface area contributed by atoms with E-state index < -0.39 is 0 Å². The van der Waals surface area contributed by atoms with Crippen molar-refractivity contribution in [3.05, 3.63) is 23.8 Å². The molecule has 1 saturated carbocycles. The topological polar surface area (TPSA) is 55.6 Å². The molecule has 1 aromatic carbocycles. The molecule has 1 aliphatic rings. The van der Waals surface area contributed by atoms with E-state index in [0.717, 1.165) is 5.69 Å². The molecule has 0 bridgehead atoms. The van der Waals surface area contributed by atoms with Crippen LogP contribution >= 0.6 is 0 Å². The molecular weight excluding hydrogens is 216 g/mol. The number of hydrogen-bond acceptors (Lipinski definition) is 4. The lowest BCUT2D eigenvalue weighted by molar-refractivity contribution is 0.0487. The first-order chi connectivity index (χ1) is 8.08. The molecule has 4 nitrogen and oxygen atoms in total. The number of anilines is 2. The molecule has 0 aromatic heterocycles. The largest absolute Gasteiger partial charge is 0.462 e. The van der Waals surface area contributed by atoms with Crippen LogP contribution in [0.25, 0.3) is 0 Å². The van der Waals surface area contributed by atoms with Crippen molar-refractivity contribution in [1.82, 2.24) is 0 Å². The zero-order valence-electron chi connectivity index (χ0n) is 10.3. The Morgan fingerprint density at radius 3 is 2.76 bits per heavy atom. The normalized spacial score (nSPS) is 14.5. The van der Waals surface area contributed by atoms with Gasteiger partial charge in [0.25, 0.3) is 0 Å². The van der Waals surface area contributed by atoms with Gasteiger partial charge < -0.3 is 15.4 Å². The van der Waals surface area contributed by atoms with Gasteiger partial charge in [0.05, 0.1) is 17.9 Å². The molecular formula is C13H18N2O2. The molecule has 17 heavy (non-hydrogen) atoms. The lowest BCUT2D eigenvalue weighted by Gasteiger charge is -2.17. The Hall–Kier alpha value is -1.71. The van der Waals surface area contributed by atoms with Crippen molar-refractivity contribution >= 4 is 17.3 Å². The summed E-state index contributed by atoms with van der Waals surface area (Å²) in [5, 5.41) is 0. The molecule has 2 N–H and O–H groups in total. The van der Waals surface area contributed by atoms with Crippen LogP contribution in [0.2, 0.25) is 0 Å². The third-order valence-corrected chi connectivity index (χ3v) is 2.87. The summed E-state index contributed by atoms with van der Waals surface area (Å²) in [4.78, 5) is 13.8. The van der Waals surface area contributed by atoms with Gasteiger partial charge in [-0.05, 0) is 37.0 Å². The Morgan fingerprint density at radius 2 is 2.18 bits per heavy atom. The lowest BCUT2D eigenvalue weighted by Crippen LogP contribution is -2.16. The zero-order valence-corrected chi connectivity index (χ0v) is 10.3. The van der Waals surface area contributed by atoms with E-state index in [4.69, 9.17) is 10.5 Å². The minimum Gasteiger partial charge on any atom is -0.462 e. The first kappa shape index (κ1) is 11.8. The number of nitrogens with two attached hydrogens (primary N) is 1. The van der Waals surface area contributed by atoms with Gasteiger partial charge in [-0.25, -0.2) is 4.79 Å². The van der Waals surface area contributed by atoms with Gasteiger partial charge >= 0.3 is 5.97 Å². The molecule has 0 atom stereocenters. The van der Waals surface area contributed by atoms with Crippen LogP contribution < -0.4 is 10.6 Å². The summed E-state index contributed by atoms with van der Waals surface area (Å²) in [7, 11) is 3.78. The maximum Gasteiger partial charge on any atom is 0.340 e. The molecule has 0 saturated heterocycles. The van der Waals surface area contributed by atoms with E-state index in [0.29, 0.717) is 23.8 Å². The first-order valence-electron chi connectivity index (χ1n) is 5.82. The second-order valence-electron chi connectivity index (χ2n) is 4.71. The third kappa shape index (κ3) is 2.90. The van der Waals surface area contributed by atoms with Crippen molar-refractivity contribution in [2.45, 2.75) is 12.8 Å². The van der Waals surface area contributed by atoms with Gasteiger partial charge in [0, 0.05) is 19.8 Å². The second kappa shape index (κ2) is 4.65. The van der Waals surface area contributed by atoms with E-state index in [1.54, 1.807) is 12.1 Å². The molecule has 0 spiro atoms. The Bertz CT molecular complexity index is 425. The van der Waals surface area contributed by atoms with Gasteiger partial charge in [-0.2, -0.15) is 0 Å². The van der Waals surface area contributed by atoms with Gasteiger partial charge in [-0.15, -0.1) is 0 Å². The molecule has 4 heteroatoms. The van der Waals surface area contributed by atoms with Crippen molar-refractivity contribution < 1.29 is 9.53 Å². The van der Waals surface area contributed by atoms with E-state index in [1.807, 2.05) is 25.1 Å². The number of carbonyl (C=O) groups is 1. The summed E-state index contributed by atoms with van der Waals surface area (Å²) in [6.07, 6.45) is 2.34. The molecule has 1 aliphatic carbocycles. The SMILES string of the molecule is CN(C)c1ccc(N)cc1C(=O)OCC1CC1. The number of esters is 1. The van der Waals surface area contributed by atoms with E-state index in [1.165, 1.54) is 12.8 Å². The number of nitrogen functional groups attached to an aromatic ring is 1. The summed E-state index contributed by atoms with van der Waals surface area (Å²) in [6.45, 7) is 0.528. The minimum absolute atomic E-state index is 0.284. The monoisotopic (exact) mass is 234 g/mol. The van der Waals surface area contributed by atoms with Crippen molar-refractivity contribution in [3.63, 3.8) is 0 Å². The molecule has 1 fully saturated rings. The van der Waals surface area contributed by atoms with Crippen LogP contribution in [-0.2, 0) is 4.74 Å². The smallest absolute Gasteiger partial charge is 0.340 e. The van der Waals surface area contributed by atoms with Crippen molar-refractivity contribution in [2.75, 3.05) is 31.3 Å². The predicted molar refractivity (Wildman–Crippen MR) is 68.2 cm³/mol. The summed E-state index contributed by atoms with van der Waals surface area (Å²) >= 11 is 0. The van der Waals surface area contributed by atoms with Crippen molar-refractivity contribution in [1.29, 1.82) is 0 Å². The van der Waals surface area contributed by atoms with Gasteiger partial charge in [0.2, 0.25) is 0 Å². The zero-order chi connectivity index (χ0) is 12.4. The molecule has 0 heterocycles. The highest BCUT2D eigenvalue weighted by Gasteiger charge is 2.24. The molecule has 1 aromatic rings. The van der Waals surface area contributed by atoms with Crippen LogP contribution in [0.3, 0.4) is 0 Å². The number of carbonyl (C=O) groups excluding carboxylic acids is 1. The first-order valence-corrected chi connectivity index (χ1v) is 5.82. The number of ether oxygens (including phenoxy) is 1. The minimum atomic E-state index is -0.284. The number of benzene rings is 1. The second-order valence-corrected chi connectivity index (χ2v) is 4.71. The molecule has 0 amide bonds. The number of rotatable bonds is 4. The summed E-state index contributed by atoms with van der Waals surface area (Å²) < 4.78 is 5.28. The number of nitrogens with zero attached hydrogens (tertiary/aromatic N) is 1. The van der Waals surface area contributed by atoms with Crippen molar-refractivity contribution in [2.24, 2.45) is 5.92 Å². The molecule has 92 valence electrons. The molecule has 2 rings (SSSR count).